The first kappa shape index (κ1) is 26.4. The van der Waals surface area contributed by atoms with Crippen molar-refractivity contribution in [3.8, 4) is 5.75 Å². The number of amides is 1. The summed E-state index contributed by atoms with van der Waals surface area (Å²) in [5.74, 6) is 0.392. The molecule has 0 aliphatic carbocycles. The molecular weight excluding hydrogens is 405 g/mol. The molecule has 1 rings (SSSR count). The van der Waals surface area contributed by atoms with E-state index in [0.29, 0.717) is 17.2 Å². The molecule has 0 unspecified atom stereocenters. The molecule has 30 heavy (non-hydrogen) atoms. The van der Waals surface area contributed by atoms with E-state index in [0.717, 1.165) is 0 Å². The summed E-state index contributed by atoms with van der Waals surface area (Å²) in [6.07, 6.45) is -1.79. The number of alkyl carbamates (subject to hydrolysis) is 1. The van der Waals surface area contributed by atoms with Crippen LogP contribution in [-0.4, -0.2) is 46.3 Å². The first-order valence-electron chi connectivity index (χ1n) is 10.3. The lowest BCUT2D eigenvalue weighted by molar-refractivity contribution is 0.0463. The summed E-state index contributed by atoms with van der Waals surface area (Å²) >= 11 is 0. The van der Waals surface area contributed by atoms with Crippen molar-refractivity contribution in [2.75, 3.05) is 13.7 Å². The van der Waals surface area contributed by atoms with Gasteiger partial charge in [0.05, 0.1) is 19.3 Å². The molecule has 0 spiro atoms. The van der Waals surface area contributed by atoms with Gasteiger partial charge in [-0.1, -0.05) is 27.7 Å². The highest BCUT2D eigenvalue weighted by atomic mass is 28.2. The number of hydrogen-bond donors (Lipinski definition) is 2. The summed E-state index contributed by atoms with van der Waals surface area (Å²) in [6.45, 7) is 14.2. The van der Waals surface area contributed by atoms with Crippen molar-refractivity contribution in [3.05, 3.63) is 29.6 Å². The summed E-state index contributed by atoms with van der Waals surface area (Å²) in [6, 6.07) is 4.03. The van der Waals surface area contributed by atoms with Crippen LogP contribution < -0.4 is 10.1 Å². The quantitative estimate of drug-likeness (QED) is 0.532. The van der Waals surface area contributed by atoms with E-state index in [4.69, 9.17) is 13.9 Å². The van der Waals surface area contributed by atoms with Crippen molar-refractivity contribution in [1.82, 2.24) is 5.32 Å². The first-order chi connectivity index (χ1) is 13.7. The van der Waals surface area contributed by atoms with Gasteiger partial charge in [-0.25, -0.2) is 9.18 Å². The van der Waals surface area contributed by atoms with Gasteiger partial charge in [0.15, 0.2) is 9.76 Å². The van der Waals surface area contributed by atoms with E-state index in [9.17, 15) is 14.3 Å². The minimum atomic E-state index is -1.00. The van der Waals surface area contributed by atoms with Crippen LogP contribution in [0.25, 0.3) is 0 Å². The van der Waals surface area contributed by atoms with Gasteiger partial charge in [-0.3, -0.25) is 0 Å². The zero-order valence-corrected chi connectivity index (χ0v) is 21.0. The lowest BCUT2D eigenvalue weighted by Crippen LogP contribution is -2.39. The van der Waals surface area contributed by atoms with Crippen LogP contribution in [0.3, 0.4) is 0 Å². The molecule has 6 nitrogen and oxygen atoms in total. The predicted molar refractivity (Wildman–Crippen MR) is 119 cm³/mol. The highest BCUT2D eigenvalue weighted by molar-refractivity contribution is 6.32. The number of aliphatic hydroxyl groups is 1. The van der Waals surface area contributed by atoms with Gasteiger partial charge in [-0.05, 0) is 49.9 Å². The molecule has 8 heteroatoms. The molecule has 0 aliphatic rings. The number of benzene rings is 1. The zero-order chi connectivity index (χ0) is 23.1. The number of carbonyl (C=O) groups excluding carboxylic acids is 1. The molecule has 0 saturated carbocycles. The molecule has 1 aromatic carbocycles. The monoisotopic (exact) mass is 443 g/mol. The molecule has 0 radical (unpaired) electrons. The zero-order valence-electron chi connectivity index (χ0n) is 19.5. The highest BCUT2D eigenvalue weighted by Gasteiger charge is 2.28. The van der Waals surface area contributed by atoms with E-state index < -0.39 is 39.5 Å². The minimum Gasteiger partial charge on any atom is -0.496 e. The Labute approximate surface area is 182 Å². The Hall–Kier alpha value is -1.64. The Kier molecular flexibility index (Phi) is 9.77. The third-order valence-electron chi connectivity index (χ3n) is 5.16. The van der Waals surface area contributed by atoms with Crippen molar-refractivity contribution in [3.63, 3.8) is 0 Å². The van der Waals surface area contributed by atoms with Gasteiger partial charge >= 0.3 is 6.09 Å². The second kappa shape index (κ2) is 11.1. The maximum Gasteiger partial charge on any atom is 0.407 e. The molecule has 0 fully saturated rings. The number of halogens is 1. The van der Waals surface area contributed by atoms with Crippen LogP contribution in [0.1, 0.15) is 66.6 Å². The van der Waals surface area contributed by atoms with Crippen molar-refractivity contribution in [1.29, 1.82) is 0 Å². The average molecular weight is 444 g/mol. The van der Waals surface area contributed by atoms with Crippen LogP contribution >= 0.6 is 0 Å². The molecule has 172 valence electrons. The van der Waals surface area contributed by atoms with Gasteiger partial charge in [0.1, 0.15) is 17.2 Å². The lowest BCUT2D eigenvalue weighted by Gasteiger charge is -2.31. The van der Waals surface area contributed by atoms with E-state index in [1.807, 2.05) is 0 Å². The van der Waals surface area contributed by atoms with Gasteiger partial charge in [0.25, 0.3) is 0 Å². The van der Waals surface area contributed by atoms with Gasteiger partial charge < -0.3 is 24.3 Å². The van der Waals surface area contributed by atoms with E-state index >= 15 is 0 Å². The maximum absolute atomic E-state index is 13.7. The molecule has 2 atom stereocenters. The SMILES string of the molecule is COc1ccc(F)cc1[C@H](O)C[C@H](CNC(=O)OC(C)(C)C)O[SiH2]C(C)(C)C(C)C. The number of carbonyl (C=O) groups is 1. The molecule has 1 amide bonds. The second-order valence-electron chi connectivity index (χ2n) is 9.60. The number of ether oxygens (including phenoxy) is 2. The van der Waals surface area contributed by atoms with E-state index in [2.05, 4.69) is 33.0 Å². The topological polar surface area (TPSA) is 77.0 Å². The van der Waals surface area contributed by atoms with Crippen LogP contribution in [0, 0.1) is 11.7 Å². The van der Waals surface area contributed by atoms with Gasteiger partial charge in [-0.15, -0.1) is 0 Å². The van der Waals surface area contributed by atoms with E-state index in [1.54, 1.807) is 20.8 Å². The van der Waals surface area contributed by atoms with Crippen molar-refractivity contribution in [2.24, 2.45) is 5.92 Å². The van der Waals surface area contributed by atoms with Crippen LogP contribution in [0.5, 0.6) is 5.75 Å². The average Bonchev–Trinajstić information content (AvgIpc) is 2.62. The molecular formula is C22H38FNO5Si. The molecule has 0 saturated heterocycles. The third kappa shape index (κ3) is 9.02. The van der Waals surface area contributed by atoms with Gasteiger partial charge in [0, 0.05) is 18.5 Å². The number of aliphatic hydroxyl groups excluding tert-OH is 1. The second-order valence-corrected chi connectivity index (χ2v) is 12.0. The van der Waals surface area contributed by atoms with E-state index in [1.165, 1.54) is 25.3 Å². The van der Waals surface area contributed by atoms with Gasteiger partial charge in [-0.2, -0.15) is 0 Å². The lowest BCUT2D eigenvalue weighted by atomic mass is 9.99. The van der Waals surface area contributed by atoms with Crippen LogP contribution in [0.2, 0.25) is 5.04 Å². The molecule has 0 aromatic heterocycles. The van der Waals surface area contributed by atoms with Crippen molar-refractivity contribution in [2.45, 2.75) is 77.7 Å². The van der Waals surface area contributed by atoms with Crippen LogP contribution in [-0.2, 0) is 9.16 Å². The number of nitrogens with one attached hydrogen (secondary N) is 1. The number of rotatable bonds is 10. The van der Waals surface area contributed by atoms with Crippen molar-refractivity contribution < 1.29 is 28.2 Å². The molecule has 0 aliphatic heterocycles. The fourth-order valence-electron chi connectivity index (χ4n) is 2.56. The first-order valence-corrected chi connectivity index (χ1v) is 11.6. The molecule has 0 heterocycles. The maximum atomic E-state index is 13.7. The molecule has 0 bridgehead atoms. The molecule has 1 aromatic rings. The third-order valence-corrected chi connectivity index (χ3v) is 7.36. The Morgan fingerprint density at radius 2 is 1.87 bits per heavy atom. The fraction of sp³-hybridized carbons (Fsp3) is 0.682. The standard InChI is InChI=1S/C22H38FNO5Si/c1-14(2)22(6,7)30-29-16(13-24-20(26)28-21(3,4)5)12-18(25)17-11-15(23)9-10-19(17)27-8/h9-11,14,16,18,25H,12-13,30H2,1-8H3,(H,24,26)/t16-,18-/m1/s1. The Morgan fingerprint density at radius 1 is 1.23 bits per heavy atom. The molecule has 2 N–H and O–H groups in total. The Morgan fingerprint density at radius 3 is 2.40 bits per heavy atom. The highest BCUT2D eigenvalue weighted by Crippen LogP contribution is 2.34. The van der Waals surface area contributed by atoms with Crippen LogP contribution in [0.15, 0.2) is 18.2 Å². The van der Waals surface area contributed by atoms with Gasteiger partial charge in [0.2, 0.25) is 0 Å². The Bertz CT molecular complexity index is 691. The summed E-state index contributed by atoms with van der Waals surface area (Å²) < 4.78 is 30.5. The summed E-state index contributed by atoms with van der Waals surface area (Å²) in [5, 5.41) is 13.5. The summed E-state index contributed by atoms with van der Waals surface area (Å²) in [5.41, 5.74) is -0.253. The summed E-state index contributed by atoms with van der Waals surface area (Å²) in [7, 11) is 0.483. The van der Waals surface area contributed by atoms with Crippen LogP contribution in [0.4, 0.5) is 9.18 Å². The minimum absolute atomic E-state index is 0.0473. The normalized spacial score (nSPS) is 14.8. The predicted octanol–water partition coefficient (Wildman–Crippen LogP) is 4.11. The smallest absolute Gasteiger partial charge is 0.407 e. The number of methoxy groups -OCH3 is 1. The Balaban J connectivity index is 2.91. The van der Waals surface area contributed by atoms with E-state index in [-0.39, 0.29) is 18.0 Å². The number of hydrogen-bond acceptors (Lipinski definition) is 5. The fourth-order valence-corrected chi connectivity index (χ4v) is 3.82. The summed E-state index contributed by atoms with van der Waals surface area (Å²) in [4.78, 5) is 12.1. The van der Waals surface area contributed by atoms with Crippen molar-refractivity contribution >= 4 is 15.9 Å². The largest absolute Gasteiger partial charge is 0.496 e.